The minimum Gasteiger partial charge on any atom is -0.391 e. The Morgan fingerprint density at radius 2 is 2.31 bits per heavy atom. The van der Waals surface area contributed by atoms with Crippen molar-refractivity contribution in [2.75, 3.05) is 18.0 Å². The topological polar surface area (TPSA) is 40.5 Å². The van der Waals surface area contributed by atoms with Crippen LogP contribution in [0.25, 0.3) is 0 Å². The second kappa shape index (κ2) is 4.66. The highest BCUT2D eigenvalue weighted by atomic mass is 16.3. The maximum absolute atomic E-state index is 10.7. The molecular weight excluding hydrogens is 202 g/mol. The lowest BCUT2D eigenvalue weighted by Crippen LogP contribution is -2.38. The number of aldehydes is 1. The first-order valence-electron chi connectivity index (χ1n) is 5.69. The zero-order valence-corrected chi connectivity index (χ0v) is 9.52. The van der Waals surface area contributed by atoms with Gasteiger partial charge in [-0.25, -0.2) is 0 Å². The Morgan fingerprint density at radius 3 is 2.94 bits per heavy atom. The molecule has 2 rings (SSSR count). The van der Waals surface area contributed by atoms with Crippen LogP contribution in [0.1, 0.15) is 28.8 Å². The third-order valence-corrected chi connectivity index (χ3v) is 3.14. The predicted octanol–water partition coefficient (Wildman–Crippen LogP) is 1.77. The molecule has 1 aliphatic heterocycles. The lowest BCUT2D eigenvalue weighted by molar-refractivity contribution is 0.112. The molecule has 1 atom stereocenters. The number of β-amino-alcohol motifs (C(OH)–C–C–N with tert-alkyl or cyclic N) is 1. The highest BCUT2D eigenvalue weighted by molar-refractivity contribution is 5.78. The first-order valence-corrected chi connectivity index (χ1v) is 5.69. The van der Waals surface area contributed by atoms with E-state index in [1.54, 1.807) is 0 Å². The Kier molecular flexibility index (Phi) is 3.25. The van der Waals surface area contributed by atoms with Gasteiger partial charge in [0.1, 0.15) is 6.29 Å². The van der Waals surface area contributed by atoms with E-state index in [1.165, 1.54) is 0 Å². The van der Waals surface area contributed by atoms with Gasteiger partial charge >= 0.3 is 0 Å². The van der Waals surface area contributed by atoms with Crippen LogP contribution in [0.5, 0.6) is 0 Å². The third kappa shape index (κ3) is 2.25. The summed E-state index contributed by atoms with van der Waals surface area (Å²) in [4.78, 5) is 12.9. The van der Waals surface area contributed by atoms with Crippen LogP contribution in [0, 0.1) is 6.92 Å². The first-order chi connectivity index (χ1) is 7.70. The van der Waals surface area contributed by atoms with Crippen LogP contribution in [0.3, 0.4) is 0 Å². The molecule has 1 saturated heterocycles. The molecule has 1 aromatic carbocycles. The van der Waals surface area contributed by atoms with E-state index >= 15 is 0 Å². The van der Waals surface area contributed by atoms with Crippen LogP contribution < -0.4 is 4.90 Å². The van der Waals surface area contributed by atoms with Crippen LogP contribution >= 0.6 is 0 Å². The van der Waals surface area contributed by atoms with E-state index in [1.807, 2.05) is 25.1 Å². The van der Waals surface area contributed by atoms with E-state index in [2.05, 4.69) is 4.90 Å². The third-order valence-electron chi connectivity index (χ3n) is 3.14. The fourth-order valence-electron chi connectivity index (χ4n) is 2.18. The number of nitrogens with zero attached hydrogens (tertiary/aromatic N) is 1. The number of aliphatic hydroxyl groups excluding tert-OH is 1. The predicted molar refractivity (Wildman–Crippen MR) is 64.0 cm³/mol. The fourth-order valence-corrected chi connectivity index (χ4v) is 2.18. The number of hydrogen-bond acceptors (Lipinski definition) is 3. The van der Waals surface area contributed by atoms with Crippen LogP contribution in [-0.4, -0.2) is 30.6 Å². The van der Waals surface area contributed by atoms with Crippen molar-refractivity contribution in [1.29, 1.82) is 0 Å². The lowest BCUT2D eigenvalue weighted by Gasteiger charge is -2.32. The van der Waals surface area contributed by atoms with Gasteiger partial charge in [-0.3, -0.25) is 4.79 Å². The Hall–Kier alpha value is -1.35. The average molecular weight is 219 g/mol. The molecule has 1 heterocycles. The van der Waals surface area contributed by atoms with Gasteiger partial charge in [-0.2, -0.15) is 0 Å². The van der Waals surface area contributed by atoms with Crippen LogP contribution in [0.2, 0.25) is 0 Å². The zero-order valence-electron chi connectivity index (χ0n) is 9.52. The highest BCUT2D eigenvalue weighted by Crippen LogP contribution is 2.22. The van der Waals surface area contributed by atoms with Gasteiger partial charge in [-0.05, 0) is 43.5 Å². The lowest BCUT2D eigenvalue weighted by atomic mass is 10.0. The Labute approximate surface area is 95.7 Å². The first kappa shape index (κ1) is 11.1. The number of aryl methyl sites for hydroxylation is 1. The van der Waals surface area contributed by atoms with Gasteiger partial charge in [0, 0.05) is 24.3 Å². The molecule has 1 aliphatic rings. The normalized spacial score (nSPS) is 20.9. The largest absolute Gasteiger partial charge is 0.391 e. The molecule has 0 bridgehead atoms. The smallest absolute Gasteiger partial charge is 0.150 e. The van der Waals surface area contributed by atoms with E-state index in [4.69, 9.17) is 0 Å². The fraction of sp³-hybridized carbons (Fsp3) is 0.462. The molecule has 1 fully saturated rings. The van der Waals surface area contributed by atoms with Gasteiger partial charge in [0.2, 0.25) is 0 Å². The number of benzene rings is 1. The average Bonchev–Trinajstić information content (AvgIpc) is 2.29. The van der Waals surface area contributed by atoms with Crippen molar-refractivity contribution >= 4 is 12.0 Å². The summed E-state index contributed by atoms with van der Waals surface area (Å²) in [7, 11) is 0. The SMILES string of the molecule is Cc1cc(N2CCCC(O)C2)ccc1C=O. The maximum atomic E-state index is 10.7. The maximum Gasteiger partial charge on any atom is 0.150 e. The van der Waals surface area contributed by atoms with Crippen molar-refractivity contribution in [3.63, 3.8) is 0 Å². The van der Waals surface area contributed by atoms with Crippen molar-refractivity contribution < 1.29 is 9.90 Å². The van der Waals surface area contributed by atoms with E-state index < -0.39 is 0 Å². The molecule has 3 heteroatoms. The Balaban J connectivity index is 2.20. The number of piperidine rings is 1. The number of carbonyl (C=O) groups is 1. The summed E-state index contributed by atoms with van der Waals surface area (Å²) in [6.07, 6.45) is 2.57. The summed E-state index contributed by atoms with van der Waals surface area (Å²) in [5.74, 6) is 0. The van der Waals surface area contributed by atoms with Gasteiger partial charge in [0.15, 0.2) is 0 Å². The van der Waals surface area contributed by atoms with Crippen LogP contribution in [0.4, 0.5) is 5.69 Å². The summed E-state index contributed by atoms with van der Waals surface area (Å²) in [5, 5.41) is 9.61. The summed E-state index contributed by atoms with van der Waals surface area (Å²) in [5.41, 5.74) is 2.83. The zero-order chi connectivity index (χ0) is 11.5. The summed E-state index contributed by atoms with van der Waals surface area (Å²) in [6.45, 7) is 3.62. The molecule has 1 unspecified atom stereocenters. The van der Waals surface area contributed by atoms with Gasteiger partial charge in [0.05, 0.1) is 6.10 Å². The van der Waals surface area contributed by atoms with Crippen LogP contribution in [0.15, 0.2) is 18.2 Å². The van der Waals surface area contributed by atoms with Gasteiger partial charge in [0.25, 0.3) is 0 Å². The summed E-state index contributed by atoms with van der Waals surface area (Å²) < 4.78 is 0. The molecule has 0 saturated carbocycles. The monoisotopic (exact) mass is 219 g/mol. The quantitative estimate of drug-likeness (QED) is 0.771. The van der Waals surface area contributed by atoms with E-state index in [9.17, 15) is 9.90 Å². The van der Waals surface area contributed by atoms with E-state index in [0.717, 1.165) is 42.5 Å². The van der Waals surface area contributed by atoms with Crippen molar-refractivity contribution in [3.05, 3.63) is 29.3 Å². The van der Waals surface area contributed by atoms with Gasteiger partial charge in [-0.15, -0.1) is 0 Å². The van der Waals surface area contributed by atoms with Gasteiger partial charge < -0.3 is 10.0 Å². The molecule has 0 spiro atoms. The summed E-state index contributed by atoms with van der Waals surface area (Å²) in [6, 6.07) is 5.81. The Bertz CT molecular complexity index is 390. The second-order valence-electron chi connectivity index (χ2n) is 4.40. The number of rotatable bonds is 2. The Morgan fingerprint density at radius 1 is 1.50 bits per heavy atom. The molecule has 1 aromatic rings. The molecule has 0 aliphatic carbocycles. The molecule has 1 N–H and O–H groups in total. The molecule has 0 aromatic heterocycles. The molecule has 16 heavy (non-hydrogen) atoms. The van der Waals surface area contributed by atoms with Crippen molar-refractivity contribution in [2.45, 2.75) is 25.9 Å². The molecule has 86 valence electrons. The number of anilines is 1. The molecule has 3 nitrogen and oxygen atoms in total. The number of carbonyl (C=O) groups excluding carboxylic acids is 1. The van der Waals surface area contributed by atoms with Crippen molar-refractivity contribution in [3.8, 4) is 0 Å². The van der Waals surface area contributed by atoms with Crippen LogP contribution in [-0.2, 0) is 0 Å². The van der Waals surface area contributed by atoms with Crippen molar-refractivity contribution in [1.82, 2.24) is 0 Å². The highest BCUT2D eigenvalue weighted by Gasteiger charge is 2.18. The minimum absolute atomic E-state index is 0.222. The number of aliphatic hydroxyl groups is 1. The molecule has 0 radical (unpaired) electrons. The standard InChI is InChI=1S/C13H17NO2/c1-10-7-12(5-4-11(10)9-15)14-6-2-3-13(16)8-14/h4-5,7,9,13,16H,2-3,6,8H2,1H3. The second-order valence-corrected chi connectivity index (χ2v) is 4.40. The minimum atomic E-state index is -0.222. The number of hydrogen-bond donors (Lipinski definition) is 1. The molecular formula is C13H17NO2. The molecule has 0 amide bonds. The summed E-state index contributed by atoms with van der Waals surface area (Å²) >= 11 is 0. The van der Waals surface area contributed by atoms with E-state index in [0.29, 0.717) is 6.54 Å². The van der Waals surface area contributed by atoms with E-state index in [-0.39, 0.29) is 6.10 Å². The van der Waals surface area contributed by atoms with Crippen molar-refractivity contribution in [2.24, 2.45) is 0 Å². The van der Waals surface area contributed by atoms with Gasteiger partial charge in [-0.1, -0.05) is 0 Å².